The van der Waals surface area contributed by atoms with Crippen LogP contribution in [0.1, 0.15) is 142 Å². The van der Waals surface area contributed by atoms with Crippen molar-refractivity contribution < 1.29 is 32.9 Å². The van der Waals surface area contributed by atoms with E-state index in [4.69, 9.17) is 9.05 Å². The topological polar surface area (TPSA) is 108 Å². The van der Waals surface area contributed by atoms with E-state index in [0.29, 0.717) is 17.4 Å². The van der Waals surface area contributed by atoms with Gasteiger partial charge in [0.2, 0.25) is 5.91 Å². The zero-order chi connectivity index (χ0) is 31.5. The lowest BCUT2D eigenvalue weighted by molar-refractivity contribution is -0.870. The lowest BCUT2D eigenvalue weighted by atomic mass is 10.0. The third-order valence-electron chi connectivity index (χ3n) is 7.50. The molecule has 3 unspecified atom stereocenters. The first-order valence-electron chi connectivity index (χ1n) is 17.1. The minimum absolute atomic E-state index is 0.0000319. The average molecular weight is 619 g/mol. The van der Waals surface area contributed by atoms with Crippen molar-refractivity contribution in [3.63, 3.8) is 0 Å². The molecule has 0 heterocycles. The number of amides is 1. The number of nitrogens with one attached hydrogen (secondary N) is 1. The van der Waals surface area contributed by atoms with E-state index in [1.54, 1.807) is 6.08 Å². The highest BCUT2D eigenvalue weighted by Crippen LogP contribution is 2.38. The summed E-state index contributed by atoms with van der Waals surface area (Å²) in [5.41, 5.74) is 0. The fraction of sp³-hybridized carbons (Fsp3) is 0.909. The highest BCUT2D eigenvalue weighted by atomic mass is 31.2. The van der Waals surface area contributed by atoms with Crippen LogP contribution in [0.4, 0.5) is 0 Å². The number of quaternary nitrogens is 1. The number of unbranched alkanes of at least 4 members (excludes halogenated alkanes) is 17. The van der Waals surface area contributed by atoms with Gasteiger partial charge in [-0.25, -0.2) is 0 Å². The van der Waals surface area contributed by atoms with Crippen LogP contribution < -0.4 is 10.2 Å². The largest absolute Gasteiger partial charge is 0.756 e. The Morgan fingerprint density at radius 3 is 1.76 bits per heavy atom. The molecule has 0 rings (SSSR count). The quantitative estimate of drug-likeness (QED) is 0.0375. The average Bonchev–Trinajstić information content (AvgIpc) is 2.92. The molecule has 0 aromatic heterocycles. The van der Waals surface area contributed by atoms with Gasteiger partial charge in [0.15, 0.2) is 0 Å². The van der Waals surface area contributed by atoms with Crippen LogP contribution >= 0.6 is 7.82 Å². The second kappa shape index (κ2) is 26.6. The minimum Gasteiger partial charge on any atom is -0.756 e. The van der Waals surface area contributed by atoms with Crippen molar-refractivity contribution in [3.05, 3.63) is 12.2 Å². The number of hydrogen-bond donors (Lipinski definition) is 2. The summed E-state index contributed by atoms with van der Waals surface area (Å²) in [6.07, 6.45) is 25.9. The number of hydrogen-bond acceptors (Lipinski definition) is 6. The van der Waals surface area contributed by atoms with Gasteiger partial charge in [-0.15, -0.1) is 0 Å². The molecule has 3 atom stereocenters. The van der Waals surface area contributed by atoms with E-state index >= 15 is 0 Å². The molecule has 2 N–H and O–H groups in total. The molecule has 0 radical (unpaired) electrons. The number of nitrogens with zero attached hydrogens (tertiary/aromatic N) is 1. The predicted molar refractivity (Wildman–Crippen MR) is 173 cm³/mol. The number of likely N-dealkylation sites (N-methyl/N-ethyl adjacent to an activating group) is 1. The maximum absolute atomic E-state index is 12.6. The van der Waals surface area contributed by atoms with Crippen LogP contribution in [0.3, 0.4) is 0 Å². The SMILES string of the molecule is CCCC/C=C/C(O)C(COP(=O)([O-])OCC[N+](C)(C)C)NC(=O)CCCCCCCCCCCCCCCCCC. The molecule has 0 aliphatic rings. The number of phosphoric ester groups is 1. The van der Waals surface area contributed by atoms with Gasteiger partial charge in [0, 0.05) is 6.42 Å². The van der Waals surface area contributed by atoms with Crippen LogP contribution in [0.15, 0.2) is 12.2 Å². The molecule has 42 heavy (non-hydrogen) atoms. The van der Waals surface area contributed by atoms with Crippen LogP contribution in [-0.2, 0) is 18.4 Å². The van der Waals surface area contributed by atoms with E-state index < -0.39 is 20.0 Å². The van der Waals surface area contributed by atoms with Gasteiger partial charge in [-0.3, -0.25) is 9.36 Å². The fourth-order valence-electron chi connectivity index (χ4n) is 4.67. The first-order chi connectivity index (χ1) is 20.0. The first-order valence-corrected chi connectivity index (χ1v) is 18.5. The summed E-state index contributed by atoms with van der Waals surface area (Å²) in [5, 5.41) is 13.4. The zero-order valence-electron chi connectivity index (χ0n) is 28.0. The van der Waals surface area contributed by atoms with E-state index in [0.717, 1.165) is 38.5 Å². The number of phosphoric acid groups is 1. The van der Waals surface area contributed by atoms with Crippen molar-refractivity contribution in [3.8, 4) is 0 Å². The monoisotopic (exact) mass is 618 g/mol. The molecule has 0 fully saturated rings. The van der Waals surface area contributed by atoms with Crippen molar-refractivity contribution in [2.45, 2.75) is 154 Å². The van der Waals surface area contributed by atoms with Gasteiger partial charge >= 0.3 is 0 Å². The lowest BCUT2D eigenvalue weighted by Gasteiger charge is -2.29. The summed E-state index contributed by atoms with van der Waals surface area (Å²) in [5.74, 6) is -0.207. The van der Waals surface area contributed by atoms with Crippen LogP contribution in [-0.4, -0.2) is 68.5 Å². The van der Waals surface area contributed by atoms with Crippen LogP contribution in [0, 0.1) is 0 Å². The van der Waals surface area contributed by atoms with Crippen LogP contribution in [0.2, 0.25) is 0 Å². The van der Waals surface area contributed by atoms with E-state index in [-0.39, 0.29) is 19.1 Å². The minimum atomic E-state index is -4.55. The molecule has 0 aliphatic carbocycles. The lowest BCUT2D eigenvalue weighted by Crippen LogP contribution is -2.45. The summed E-state index contributed by atoms with van der Waals surface area (Å²) >= 11 is 0. The molecular weight excluding hydrogens is 551 g/mol. The third kappa shape index (κ3) is 28.0. The van der Waals surface area contributed by atoms with Crippen molar-refractivity contribution in [1.82, 2.24) is 5.32 Å². The van der Waals surface area contributed by atoms with Gasteiger partial charge < -0.3 is 28.8 Å². The standard InChI is InChI=1S/C33H67N2O6P/c1-6-8-10-12-13-14-15-16-17-18-19-20-21-22-23-25-27-33(37)34-31(32(36)26-24-11-9-7-2)30-41-42(38,39)40-29-28-35(3,4)5/h24,26,31-32,36H,6-23,25,27-30H2,1-5H3,(H-,34,37,38,39)/b26-24+. The summed E-state index contributed by atoms with van der Waals surface area (Å²) < 4.78 is 22.8. The number of allylic oxidation sites excluding steroid dienone is 1. The normalized spacial score (nSPS) is 15.1. The number of aliphatic hydroxyl groups is 1. The Kier molecular flexibility index (Phi) is 26.1. The predicted octanol–water partition coefficient (Wildman–Crippen LogP) is 7.44. The maximum atomic E-state index is 12.6. The molecule has 0 spiro atoms. The van der Waals surface area contributed by atoms with E-state index in [2.05, 4.69) is 19.2 Å². The molecule has 0 aromatic rings. The van der Waals surface area contributed by atoms with E-state index in [1.807, 2.05) is 27.2 Å². The molecule has 1 amide bonds. The first kappa shape index (κ1) is 41.2. The molecular formula is C33H67N2O6P. The number of carbonyl (C=O) groups excluding carboxylic acids is 1. The molecule has 250 valence electrons. The van der Waals surface area contributed by atoms with Gasteiger partial charge in [-0.1, -0.05) is 135 Å². The Hall–Kier alpha value is -0.760. The molecule has 0 bridgehead atoms. The highest BCUT2D eigenvalue weighted by Gasteiger charge is 2.23. The van der Waals surface area contributed by atoms with E-state index in [1.165, 1.54) is 83.5 Å². The smallest absolute Gasteiger partial charge is 0.268 e. The fourth-order valence-corrected chi connectivity index (χ4v) is 5.39. The van der Waals surface area contributed by atoms with Crippen molar-refractivity contribution in [2.24, 2.45) is 0 Å². The van der Waals surface area contributed by atoms with Gasteiger partial charge in [0.25, 0.3) is 7.82 Å². The summed E-state index contributed by atoms with van der Waals surface area (Å²) in [6.45, 7) is 4.47. The van der Waals surface area contributed by atoms with Crippen molar-refractivity contribution in [1.29, 1.82) is 0 Å². The Bertz CT molecular complexity index is 713. The second-order valence-corrected chi connectivity index (χ2v) is 14.3. The van der Waals surface area contributed by atoms with E-state index in [9.17, 15) is 19.4 Å². The van der Waals surface area contributed by atoms with Crippen molar-refractivity contribution >= 4 is 13.7 Å². The molecule has 8 nitrogen and oxygen atoms in total. The Morgan fingerprint density at radius 2 is 1.29 bits per heavy atom. The van der Waals surface area contributed by atoms with Gasteiger partial charge in [0.05, 0.1) is 39.9 Å². The maximum Gasteiger partial charge on any atom is 0.268 e. The molecule has 0 aromatic carbocycles. The highest BCUT2D eigenvalue weighted by molar-refractivity contribution is 7.45. The number of rotatable bonds is 30. The van der Waals surface area contributed by atoms with Gasteiger partial charge in [-0.05, 0) is 12.8 Å². The molecule has 0 saturated heterocycles. The third-order valence-corrected chi connectivity index (χ3v) is 8.46. The Morgan fingerprint density at radius 1 is 0.810 bits per heavy atom. The second-order valence-electron chi connectivity index (χ2n) is 12.9. The van der Waals surface area contributed by atoms with Crippen LogP contribution in [0.5, 0.6) is 0 Å². The number of aliphatic hydroxyl groups excluding tert-OH is 1. The summed E-state index contributed by atoms with van der Waals surface area (Å²) in [6, 6.07) is -0.874. The van der Waals surface area contributed by atoms with Gasteiger partial charge in [-0.2, -0.15) is 0 Å². The number of carbonyl (C=O) groups is 1. The summed E-state index contributed by atoms with van der Waals surface area (Å²) in [4.78, 5) is 24.8. The summed E-state index contributed by atoms with van der Waals surface area (Å²) in [7, 11) is 1.26. The zero-order valence-corrected chi connectivity index (χ0v) is 28.9. The Balaban J connectivity index is 4.23. The Labute approximate surface area is 259 Å². The van der Waals surface area contributed by atoms with Crippen LogP contribution in [0.25, 0.3) is 0 Å². The van der Waals surface area contributed by atoms with Gasteiger partial charge in [0.1, 0.15) is 13.2 Å². The van der Waals surface area contributed by atoms with Crippen molar-refractivity contribution in [2.75, 3.05) is 40.9 Å². The molecule has 9 heteroatoms. The molecule has 0 aliphatic heterocycles. The molecule has 0 saturated carbocycles.